The van der Waals surface area contributed by atoms with Crippen molar-refractivity contribution in [2.75, 3.05) is 16.3 Å². The first-order chi connectivity index (χ1) is 14.3. The summed E-state index contributed by atoms with van der Waals surface area (Å²) in [7, 11) is 0. The minimum Gasteiger partial charge on any atom is -0.365 e. The first-order valence-electron chi connectivity index (χ1n) is 9.86. The van der Waals surface area contributed by atoms with Crippen molar-refractivity contribution in [1.29, 1.82) is 0 Å². The number of hydrogen-bond acceptors (Lipinski definition) is 4. The van der Waals surface area contributed by atoms with Gasteiger partial charge in [0.25, 0.3) is 0 Å². The molecule has 4 nitrogen and oxygen atoms in total. The maximum Gasteiger partial charge on any atom is 0.204 e. The molecule has 0 amide bonds. The largest absolute Gasteiger partial charge is 0.365 e. The molecule has 2 heterocycles. The van der Waals surface area contributed by atoms with Crippen LogP contribution in [0.2, 0.25) is 0 Å². The fourth-order valence-corrected chi connectivity index (χ4v) is 4.61. The van der Waals surface area contributed by atoms with E-state index >= 15 is 0 Å². The number of anilines is 1. The normalized spacial score (nSPS) is 23.0. The van der Waals surface area contributed by atoms with Gasteiger partial charge in [-0.2, -0.15) is 0 Å². The van der Waals surface area contributed by atoms with Crippen LogP contribution in [0.15, 0.2) is 89.9 Å². The van der Waals surface area contributed by atoms with E-state index in [1.165, 1.54) is 11.1 Å². The Kier molecular flexibility index (Phi) is 5.24. The molecule has 0 spiro atoms. The minimum absolute atomic E-state index is 0.0473. The maximum atomic E-state index is 6.61. The third-order valence-corrected chi connectivity index (χ3v) is 6.43. The van der Waals surface area contributed by atoms with Gasteiger partial charge in [-0.15, -0.1) is 0 Å². The molecule has 0 bridgehead atoms. The highest BCUT2D eigenvalue weighted by atomic mass is 127. The smallest absolute Gasteiger partial charge is 0.204 e. The molecule has 3 atom stereocenters. The first-order valence-corrected chi connectivity index (χ1v) is 11.4. The molecule has 1 saturated heterocycles. The van der Waals surface area contributed by atoms with E-state index in [0.717, 1.165) is 28.3 Å². The Morgan fingerprint density at radius 1 is 0.931 bits per heavy atom. The average molecular weight is 495 g/mol. The number of ether oxygens (including phenoxy) is 1. The van der Waals surface area contributed by atoms with Crippen molar-refractivity contribution in [2.45, 2.75) is 18.2 Å². The Hall–Kier alpha value is -2.38. The monoisotopic (exact) mass is 495 g/mol. The lowest BCUT2D eigenvalue weighted by Gasteiger charge is -2.48. The van der Waals surface area contributed by atoms with Crippen LogP contribution in [-0.4, -0.2) is 27.9 Å². The van der Waals surface area contributed by atoms with E-state index < -0.39 is 0 Å². The maximum absolute atomic E-state index is 6.61. The molecule has 29 heavy (non-hydrogen) atoms. The Morgan fingerprint density at radius 2 is 1.62 bits per heavy atom. The van der Waals surface area contributed by atoms with E-state index in [9.17, 15) is 0 Å². The van der Waals surface area contributed by atoms with Crippen molar-refractivity contribution in [3.8, 4) is 0 Å². The molecule has 0 aromatic heterocycles. The molecule has 3 aromatic rings. The zero-order valence-electron chi connectivity index (χ0n) is 15.9. The number of morpholine rings is 1. The van der Waals surface area contributed by atoms with Gasteiger partial charge in [0.15, 0.2) is 0 Å². The van der Waals surface area contributed by atoms with Gasteiger partial charge in [-0.25, -0.2) is 4.99 Å². The third kappa shape index (κ3) is 3.65. The molecule has 5 heteroatoms. The number of rotatable bonds is 3. The van der Waals surface area contributed by atoms with Crippen molar-refractivity contribution < 1.29 is 4.74 Å². The number of hydrogen-bond donors (Lipinski definition) is 1. The topological polar surface area (TPSA) is 36.9 Å². The second-order valence-corrected chi connectivity index (χ2v) is 8.21. The molecule has 3 aromatic carbocycles. The molecule has 1 fully saturated rings. The van der Waals surface area contributed by atoms with Crippen LogP contribution in [0.25, 0.3) is 0 Å². The van der Waals surface area contributed by atoms with Crippen LogP contribution in [0.4, 0.5) is 11.4 Å². The number of para-hydroxylation sites is 2. The Bertz CT molecular complexity index is 1010. The summed E-state index contributed by atoms with van der Waals surface area (Å²) in [5.41, 5.74) is 4.46. The summed E-state index contributed by atoms with van der Waals surface area (Å²) < 4.78 is 7.55. The Morgan fingerprint density at radius 3 is 2.38 bits per heavy atom. The molecule has 0 saturated carbocycles. The van der Waals surface area contributed by atoms with Crippen LogP contribution in [0.1, 0.15) is 23.3 Å². The van der Waals surface area contributed by atoms with Crippen molar-refractivity contribution in [2.24, 2.45) is 4.99 Å². The first kappa shape index (κ1) is 18.6. The highest BCUT2D eigenvalue weighted by molar-refractivity contribution is 14.1. The van der Waals surface area contributed by atoms with Gasteiger partial charge in [0, 0.05) is 22.2 Å². The molecular formula is C24H22IN3O. The quantitative estimate of drug-likeness (QED) is 0.373. The number of guanidine groups is 1. The number of halogens is 1. The van der Waals surface area contributed by atoms with E-state index in [-0.39, 0.29) is 18.2 Å². The predicted octanol–water partition coefficient (Wildman–Crippen LogP) is 5.72. The molecule has 146 valence electrons. The number of nitrogens with zero attached hydrogens (tertiary/aromatic N) is 2. The zero-order valence-corrected chi connectivity index (χ0v) is 18.1. The number of benzene rings is 3. The minimum atomic E-state index is -0.0473. The van der Waals surface area contributed by atoms with Crippen molar-refractivity contribution in [3.63, 3.8) is 0 Å². The molecule has 0 radical (unpaired) electrons. The van der Waals surface area contributed by atoms with Gasteiger partial charge in [0.05, 0.1) is 17.8 Å². The van der Waals surface area contributed by atoms with Gasteiger partial charge in [-0.3, -0.25) is 0 Å². The summed E-state index contributed by atoms with van der Waals surface area (Å²) >= 11 is 2.42. The Balaban J connectivity index is 1.61. The summed E-state index contributed by atoms with van der Waals surface area (Å²) in [6.07, 6.45) is 0.0963. The average Bonchev–Trinajstić information content (AvgIpc) is 2.79. The van der Waals surface area contributed by atoms with Crippen LogP contribution < -0.4 is 5.32 Å². The molecular weight excluding hydrogens is 473 g/mol. The van der Waals surface area contributed by atoms with Crippen LogP contribution in [0.3, 0.4) is 0 Å². The van der Waals surface area contributed by atoms with E-state index in [4.69, 9.17) is 9.73 Å². The molecule has 1 N–H and O–H groups in total. The fourth-order valence-electron chi connectivity index (χ4n) is 4.13. The van der Waals surface area contributed by atoms with Crippen molar-refractivity contribution >= 4 is 39.9 Å². The molecule has 2 aliphatic rings. The predicted molar refractivity (Wildman–Crippen MR) is 126 cm³/mol. The highest BCUT2D eigenvalue weighted by Crippen LogP contribution is 2.47. The summed E-state index contributed by atoms with van der Waals surface area (Å²) in [5.74, 6) is 0.888. The third-order valence-electron chi connectivity index (χ3n) is 5.45. The lowest BCUT2D eigenvalue weighted by molar-refractivity contribution is -0.0926. The second-order valence-electron chi connectivity index (χ2n) is 7.33. The van der Waals surface area contributed by atoms with Crippen LogP contribution in [-0.2, 0) is 4.74 Å². The summed E-state index contributed by atoms with van der Waals surface area (Å²) in [6.45, 7) is 0.809. The van der Waals surface area contributed by atoms with Gasteiger partial charge < -0.3 is 15.0 Å². The van der Waals surface area contributed by atoms with E-state index in [2.05, 4.69) is 93.5 Å². The van der Waals surface area contributed by atoms with E-state index in [1.807, 2.05) is 24.3 Å². The van der Waals surface area contributed by atoms with Gasteiger partial charge in [-0.05, 0) is 23.8 Å². The summed E-state index contributed by atoms with van der Waals surface area (Å²) in [6, 6.07) is 29.3. The fraction of sp³-hybridized carbons (Fsp3) is 0.208. The van der Waals surface area contributed by atoms with Crippen molar-refractivity contribution in [3.05, 3.63) is 96.1 Å². The van der Waals surface area contributed by atoms with Gasteiger partial charge in [0.1, 0.15) is 6.10 Å². The summed E-state index contributed by atoms with van der Waals surface area (Å²) in [5, 5.41) is 3.56. The standard InChI is InChI=1S/C24H22IN3O/c25-15-19-16-28-22(23(29-19)17-9-3-1-4-10-17)20-13-7-8-14-21(20)27-24(28)26-18-11-5-2-6-12-18/h1-14,19,22-23H,15-16H2,(H,26,27)/t19?,22-,23+/m0/s1. The van der Waals surface area contributed by atoms with E-state index in [1.54, 1.807) is 0 Å². The second kappa shape index (κ2) is 8.16. The summed E-state index contributed by atoms with van der Waals surface area (Å²) in [4.78, 5) is 7.38. The molecule has 1 unspecified atom stereocenters. The van der Waals surface area contributed by atoms with Gasteiger partial charge in [-0.1, -0.05) is 89.3 Å². The number of fused-ring (bicyclic) bond motifs is 3. The molecule has 0 aliphatic carbocycles. The number of alkyl halides is 1. The number of nitrogens with one attached hydrogen (secondary N) is 1. The zero-order chi connectivity index (χ0) is 19.6. The number of aliphatic imine (C=N–C) groups is 1. The lowest BCUT2D eigenvalue weighted by Crippen LogP contribution is -2.52. The highest BCUT2D eigenvalue weighted by Gasteiger charge is 2.43. The van der Waals surface area contributed by atoms with Crippen LogP contribution in [0.5, 0.6) is 0 Å². The van der Waals surface area contributed by atoms with Crippen LogP contribution >= 0.6 is 22.6 Å². The molecule has 5 rings (SSSR count). The Labute approximate surface area is 184 Å². The van der Waals surface area contributed by atoms with Crippen molar-refractivity contribution in [1.82, 2.24) is 4.90 Å². The van der Waals surface area contributed by atoms with Crippen LogP contribution in [0, 0.1) is 0 Å². The molecule has 2 aliphatic heterocycles. The SMILES string of the molecule is ICC1CN2C(Nc3ccccc3)=Nc3ccccc3[C@H]2[C@@H](c2ccccc2)O1. The van der Waals surface area contributed by atoms with Gasteiger partial charge in [0.2, 0.25) is 5.96 Å². The van der Waals surface area contributed by atoms with Gasteiger partial charge >= 0.3 is 0 Å². The van der Waals surface area contributed by atoms with E-state index in [0.29, 0.717) is 0 Å². The lowest BCUT2D eigenvalue weighted by atomic mass is 9.90.